The third-order valence-corrected chi connectivity index (χ3v) is 1.57. The highest BCUT2D eigenvalue weighted by molar-refractivity contribution is 6.30. The summed E-state index contributed by atoms with van der Waals surface area (Å²) in [5.41, 5.74) is -0.109. The second kappa shape index (κ2) is 10.4. The van der Waals surface area contributed by atoms with Crippen LogP contribution in [0.15, 0.2) is 18.2 Å². The second-order valence-corrected chi connectivity index (χ2v) is 2.55. The van der Waals surface area contributed by atoms with Gasteiger partial charge in [-0.3, -0.25) is 0 Å². The minimum Gasteiger partial charge on any atom is -0.465 e. The Morgan fingerprint density at radius 2 is 1.75 bits per heavy atom. The zero-order valence-corrected chi connectivity index (χ0v) is 11.1. The molecule has 0 spiro atoms. The molecule has 0 aromatic heterocycles. The minimum atomic E-state index is -0.704. The Hall–Kier alpha value is -1.09. The van der Waals surface area contributed by atoms with E-state index in [0.29, 0.717) is 0 Å². The molecule has 1 rings (SSSR count). The molecule has 0 amide bonds. The van der Waals surface area contributed by atoms with Crippen LogP contribution >= 0.6 is 11.6 Å². The number of halogens is 2. The maximum absolute atomic E-state index is 12.9. The van der Waals surface area contributed by atoms with Gasteiger partial charge >= 0.3 is 5.97 Å². The maximum Gasteiger partial charge on any atom is 0.340 e. The molecule has 1 aromatic rings. The number of benzene rings is 1. The number of rotatable bonds is 1. The van der Waals surface area contributed by atoms with Crippen molar-refractivity contribution in [3.63, 3.8) is 0 Å². The lowest BCUT2D eigenvalue weighted by Crippen LogP contribution is -2.03. The van der Waals surface area contributed by atoms with Crippen LogP contribution in [0.5, 0.6) is 0 Å². The van der Waals surface area contributed by atoms with Gasteiger partial charge in [-0.05, 0) is 18.2 Å². The van der Waals surface area contributed by atoms with Crippen LogP contribution in [0.25, 0.3) is 0 Å². The highest BCUT2D eigenvalue weighted by Crippen LogP contribution is 2.14. The van der Waals surface area contributed by atoms with Gasteiger partial charge in [0.1, 0.15) is 5.82 Å². The Morgan fingerprint density at radius 1 is 1.25 bits per heavy atom. The van der Waals surface area contributed by atoms with Crippen molar-refractivity contribution >= 4 is 17.6 Å². The average molecular weight is 249 g/mol. The average Bonchev–Trinajstić information content (AvgIpc) is 2.33. The third kappa shape index (κ3) is 5.71. The lowest BCUT2D eigenvalue weighted by atomic mass is 10.2. The molecule has 4 heteroatoms. The van der Waals surface area contributed by atoms with E-state index in [4.69, 9.17) is 11.6 Å². The molecule has 1 aromatic carbocycles. The molecule has 0 unspecified atom stereocenters. The van der Waals surface area contributed by atoms with Crippen LogP contribution in [0.2, 0.25) is 5.02 Å². The Labute approximate surface area is 101 Å². The molecule has 16 heavy (non-hydrogen) atoms. The van der Waals surface area contributed by atoms with E-state index in [9.17, 15) is 9.18 Å². The summed E-state index contributed by atoms with van der Waals surface area (Å²) < 4.78 is 17.2. The largest absolute Gasteiger partial charge is 0.465 e. The topological polar surface area (TPSA) is 26.3 Å². The maximum atomic E-state index is 12.9. The van der Waals surface area contributed by atoms with Gasteiger partial charge in [-0.1, -0.05) is 39.3 Å². The normalized spacial score (nSPS) is 7.94. The van der Waals surface area contributed by atoms with Gasteiger partial charge in [0, 0.05) is 5.02 Å². The molecule has 0 bridgehead atoms. The first kappa shape index (κ1) is 17.3. The summed E-state index contributed by atoms with van der Waals surface area (Å²) in [7, 11) is 1.19. The third-order valence-electron chi connectivity index (χ3n) is 1.34. The summed E-state index contributed by atoms with van der Waals surface area (Å²) >= 11 is 5.47. The van der Waals surface area contributed by atoms with Gasteiger partial charge < -0.3 is 4.74 Å². The number of carbonyl (C=O) groups is 1. The lowest BCUT2D eigenvalue weighted by Gasteiger charge is -1.99. The summed E-state index contributed by atoms with van der Waals surface area (Å²) in [4.78, 5) is 10.8. The number of esters is 1. The molecule has 92 valence electrons. The number of carbonyl (C=O) groups excluding carboxylic acids is 1. The van der Waals surface area contributed by atoms with Gasteiger partial charge in [0.2, 0.25) is 0 Å². The number of hydrogen-bond acceptors (Lipinski definition) is 2. The molecular weight excluding hydrogens is 231 g/mol. The highest BCUT2D eigenvalue weighted by atomic mass is 35.5. The van der Waals surface area contributed by atoms with E-state index < -0.39 is 11.8 Å². The number of methoxy groups -OCH3 is 1. The first-order valence-corrected chi connectivity index (χ1v) is 5.56. The van der Waals surface area contributed by atoms with Gasteiger partial charge in [-0.15, -0.1) is 0 Å². The predicted molar refractivity (Wildman–Crippen MR) is 65.4 cm³/mol. The van der Waals surface area contributed by atoms with Crippen LogP contribution in [0.1, 0.15) is 38.1 Å². The SMILES string of the molecule is CC.CC.COC(=O)c1ccc(Cl)cc1F. The molecule has 0 N–H and O–H groups in total. The molecule has 0 saturated heterocycles. The van der Waals surface area contributed by atoms with Crippen molar-refractivity contribution in [3.8, 4) is 0 Å². The van der Waals surface area contributed by atoms with Crippen LogP contribution in [0.4, 0.5) is 4.39 Å². The molecule has 0 saturated carbocycles. The minimum absolute atomic E-state index is 0.109. The summed E-state index contributed by atoms with van der Waals surface area (Å²) in [6.45, 7) is 8.00. The van der Waals surface area contributed by atoms with Crippen LogP contribution in [0.3, 0.4) is 0 Å². The van der Waals surface area contributed by atoms with Gasteiger partial charge in [-0.2, -0.15) is 0 Å². The molecule has 0 radical (unpaired) electrons. The lowest BCUT2D eigenvalue weighted by molar-refractivity contribution is 0.0595. The fraction of sp³-hybridized carbons (Fsp3) is 0.417. The fourth-order valence-corrected chi connectivity index (χ4v) is 0.924. The van der Waals surface area contributed by atoms with E-state index in [-0.39, 0.29) is 10.6 Å². The zero-order valence-electron chi connectivity index (χ0n) is 10.3. The van der Waals surface area contributed by atoms with Crippen molar-refractivity contribution in [3.05, 3.63) is 34.6 Å². The highest BCUT2D eigenvalue weighted by Gasteiger charge is 2.11. The first-order valence-electron chi connectivity index (χ1n) is 5.18. The van der Waals surface area contributed by atoms with E-state index in [0.717, 1.165) is 6.07 Å². The van der Waals surface area contributed by atoms with Gasteiger partial charge in [-0.25, -0.2) is 9.18 Å². The smallest absolute Gasteiger partial charge is 0.340 e. The second-order valence-electron chi connectivity index (χ2n) is 2.12. The van der Waals surface area contributed by atoms with Crippen molar-refractivity contribution in [2.24, 2.45) is 0 Å². The predicted octanol–water partition coefficient (Wildman–Crippen LogP) is 4.32. The Kier molecular flexibility index (Phi) is 11.3. The molecule has 2 nitrogen and oxygen atoms in total. The quantitative estimate of drug-likeness (QED) is 0.692. The standard InChI is InChI=1S/C8H6ClFO2.2C2H6/c1-12-8(11)6-3-2-5(9)4-7(6)10;2*1-2/h2-4H,1H3;2*1-2H3. The monoisotopic (exact) mass is 248 g/mol. The molecular formula is C12H18ClFO2. The van der Waals surface area contributed by atoms with Crippen LogP contribution < -0.4 is 0 Å². The van der Waals surface area contributed by atoms with Crippen molar-refractivity contribution in [1.82, 2.24) is 0 Å². The molecule has 0 aliphatic rings. The van der Waals surface area contributed by atoms with Crippen molar-refractivity contribution in [2.75, 3.05) is 7.11 Å². The molecule has 0 aliphatic heterocycles. The summed E-state index contributed by atoms with van der Waals surface area (Å²) in [5, 5.41) is 0.250. The van der Waals surface area contributed by atoms with Crippen molar-refractivity contribution < 1.29 is 13.9 Å². The van der Waals surface area contributed by atoms with Crippen molar-refractivity contribution in [2.45, 2.75) is 27.7 Å². The molecule has 0 aliphatic carbocycles. The zero-order chi connectivity index (χ0) is 13.1. The van der Waals surface area contributed by atoms with Crippen molar-refractivity contribution in [1.29, 1.82) is 0 Å². The summed E-state index contributed by atoms with van der Waals surface area (Å²) in [6, 6.07) is 3.77. The molecule has 0 atom stereocenters. The molecule has 0 heterocycles. The van der Waals surface area contributed by atoms with Crippen LogP contribution in [0, 0.1) is 5.82 Å². The van der Waals surface area contributed by atoms with E-state index in [1.165, 1.54) is 19.2 Å². The Morgan fingerprint density at radius 3 is 2.12 bits per heavy atom. The first-order chi connectivity index (χ1) is 7.65. The molecule has 0 fully saturated rings. The van der Waals surface area contributed by atoms with Gasteiger partial charge in [0.25, 0.3) is 0 Å². The Bertz CT molecular complexity index is 314. The van der Waals surface area contributed by atoms with E-state index in [1.807, 2.05) is 27.7 Å². The fourth-order valence-electron chi connectivity index (χ4n) is 0.765. The van der Waals surface area contributed by atoms with Crippen LogP contribution in [-0.4, -0.2) is 13.1 Å². The van der Waals surface area contributed by atoms with Gasteiger partial charge in [0.15, 0.2) is 0 Å². The van der Waals surface area contributed by atoms with Gasteiger partial charge in [0.05, 0.1) is 12.7 Å². The van der Waals surface area contributed by atoms with E-state index >= 15 is 0 Å². The number of hydrogen-bond donors (Lipinski definition) is 0. The number of ether oxygens (including phenoxy) is 1. The summed E-state index contributed by atoms with van der Waals surface area (Å²) in [6.07, 6.45) is 0. The van der Waals surface area contributed by atoms with Crippen LogP contribution in [-0.2, 0) is 4.74 Å². The van der Waals surface area contributed by atoms with E-state index in [2.05, 4.69) is 4.74 Å². The summed E-state index contributed by atoms with van der Waals surface area (Å²) in [5.74, 6) is -1.38. The van der Waals surface area contributed by atoms with E-state index in [1.54, 1.807) is 0 Å². The Balaban J connectivity index is 0.